The Morgan fingerprint density at radius 2 is 2.15 bits per heavy atom. The van der Waals surface area contributed by atoms with E-state index in [-0.39, 0.29) is 30.9 Å². The van der Waals surface area contributed by atoms with E-state index in [2.05, 4.69) is 9.97 Å². The molecule has 33 heavy (non-hydrogen) atoms. The fraction of sp³-hybridized carbons (Fsp3) is 0.292. The minimum absolute atomic E-state index is 0.0467. The Morgan fingerprint density at radius 3 is 3.00 bits per heavy atom. The zero-order valence-corrected chi connectivity index (χ0v) is 18.5. The van der Waals surface area contributed by atoms with Crippen molar-refractivity contribution >= 4 is 34.5 Å². The van der Waals surface area contributed by atoms with Crippen LogP contribution in [0.3, 0.4) is 0 Å². The standard InChI is InChI=1S/C24H22ClN3O5/c25-18-10-15(11-20-23(18)33-14-32-20)7-8-22(29)28(12-16-4-3-9-31-16)13-21-26-19-6-2-1-5-17(19)24(30)27-21/h1-2,5-8,10-11,16H,3-4,9,12-14H2,(H,26,27,30)/b8-7+. The van der Waals surface area contributed by atoms with E-state index in [0.29, 0.717) is 52.0 Å². The first-order chi connectivity index (χ1) is 16.1. The molecule has 8 nitrogen and oxygen atoms in total. The van der Waals surface area contributed by atoms with E-state index < -0.39 is 0 Å². The van der Waals surface area contributed by atoms with Crippen LogP contribution in [0.5, 0.6) is 11.5 Å². The third-order valence-corrected chi connectivity index (χ3v) is 5.91. The van der Waals surface area contributed by atoms with Gasteiger partial charge in [0.05, 0.1) is 28.6 Å². The van der Waals surface area contributed by atoms with Crippen molar-refractivity contribution in [2.75, 3.05) is 19.9 Å². The average molecular weight is 468 g/mol. The van der Waals surface area contributed by atoms with Crippen molar-refractivity contribution in [2.24, 2.45) is 0 Å². The van der Waals surface area contributed by atoms with Crippen LogP contribution in [-0.4, -0.2) is 46.8 Å². The third-order valence-electron chi connectivity index (χ3n) is 5.63. The van der Waals surface area contributed by atoms with Crippen LogP contribution in [0.15, 0.2) is 47.3 Å². The Bertz CT molecular complexity index is 1280. The Hall–Kier alpha value is -3.36. The molecule has 1 aromatic heterocycles. The summed E-state index contributed by atoms with van der Waals surface area (Å²) in [6, 6.07) is 10.6. The number of fused-ring (bicyclic) bond motifs is 2. The minimum atomic E-state index is -0.231. The summed E-state index contributed by atoms with van der Waals surface area (Å²) in [4.78, 5) is 34.6. The molecule has 0 bridgehead atoms. The molecular formula is C24H22ClN3O5. The molecule has 9 heteroatoms. The molecule has 2 aliphatic rings. The van der Waals surface area contributed by atoms with E-state index in [1.165, 1.54) is 6.08 Å². The Morgan fingerprint density at radius 1 is 1.27 bits per heavy atom. The molecule has 5 rings (SSSR count). The van der Waals surface area contributed by atoms with Gasteiger partial charge in [0.2, 0.25) is 12.7 Å². The number of para-hydroxylation sites is 1. The van der Waals surface area contributed by atoms with E-state index >= 15 is 0 Å². The second-order valence-corrected chi connectivity index (χ2v) is 8.36. The van der Waals surface area contributed by atoms with E-state index in [1.807, 2.05) is 6.07 Å². The lowest BCUT2D eigenvalue weighted by atomic mass is 10.1. The first kappa shape index (κ1) is 21.5. The molecule has 1 amide bonds. The maximum Gasteiger partial charge on any atom is 0.258 e. The number of hydrogen-bond acceptors (Lipinski definition) is 6. The van der Waals surface area contributed by atoms with Crippen molar-refractivity contribution in [1.82, 2.24) is 14.9 Å². The number of carbonyl (C=O) groups excluding carboxylic acids is 1. The summed E-state index contributed by atoms with van der Waals surface area (Å²) in [5, 5.41) is 0.934. The van der Waals surface area contributed by atoms with Crippen LogP contribution in [0.4, 0.5) is 0 Å². The van der Waals surface area contributed by atoms with Gasteiger partial charge < -0.3 is 24.1 Å². The van der Waals surface area contributed by atoms with Crippen molar-refractivity contribution in [2.45, 2.75) is 25.5 Å². The van der Waals surface area contributed by atoms with Gasteiger partial charge in [0.25, 0.3) is 5.56 Å². The number of carbonyl (C=O) groups is 1. The third kappa shape index (κ3) is 4.72. The van der Waals surface area contributed by atoms with Crippen molar-refractivity contribution in [3.05, 3.63) is 69.2 Å². The van der Waals surface area contributed by atoms with Gasteiger partial charge in [-0.3, -0.25) is 9.59 Å². The number of rotatable bonds is 6. The molecule has 0 spiro atoms. The molecule has 1 unspecified atom stereocenters. The zero-order valence-electron chi connectivity index (χ0n) is 17.8. The fourth-order valence-electron chi connectivity index (χ4n) is 4.01. The fourth-order valence-corrected chi connectivity index (χ4v) is 4.29. The highest BCUT2D eigenvalue weighted by Gasteiger charge is 2.23. The second-order valence-electron chi connectivity index (χ2n) is 7.95. The smallest absolute Gasteiger partial charge is 0.258 e. The lowest BCUT2D eigenvalue weighted by Gasteiger charge is -2.24. The van der Waals surface area contributed by atoms with Crippen molar-refractivity contribution in [3.8, 4) is 11.5 Å². The van der Waals surface area contributed by atoms with E-state index in [4.69, 9.17) is 25.8 Å². The summed E-state index contributed by atoms with van der Waals surface area (Å²) < 4.78 is 16.5. The number of benzene rings is 2. The predicted octanol–water partition coefficient (Wildman–Crippen LogP) is 3.53. The summed E-state index contributed by atoms with van der Waals surface area (Å²) in [5.41, 5.74) is 1.07. The summed E-state index contributed by atoms with van der Waals surface area (Å²) >= 11 is 6.24. The molecule has 3 aromatic rings. The van der Waals surface area contributed by atoms with E-state index in [0.717, 1.165) is 12.8 Å². The molecule has 2 aliphatic heterocycles. The zero-order chi connectivity index (χ0) is 22.8. The first-order valence-corrected chi connectivity index (χ1v) is 11.1. The summed E-state index contributed by atoms with van der Waals surface area (Å²) in [6.45, 7) is 1.36. The number of hydrogen-bond donors (Lipinski definition) is 1. The molecule has 1 fully saturated rings. The van der Waals surface area contributed by atoms with Crippen molar-refractivity contribution in [3.63, 3.8) is 0 Å². The highest BCUT2D eigenvalue weighted by atomic mass is 35.5. The molecule has 170 valence electrons. The molecule has 2 aromatic carbocycles. The predicted molar refractivity (Wildman–Crippen MR) is 123 cm³/mol. The Kier molecular flexibility index (Phi) is 6.02. The molecule has 1 saturated heterocycles. The molecule has 0 aliphatic carbocycles. The van der Waals surface area contributed by atoms with Crippen LogP contribution in [-0.2, 0) is 16.1 Å². The van der Waals surface area contributed by atoms with Crippen LogP contribution in [0.2, 0.25) is 5.02 Å². The summed E-state index contributed by atoms with van der Waals surface area (Å²) in [5.74, 6) is 1.25. The van der Waals surface area contributed by atoms with Gasteiger partial charge in [-0.1, -0.05) is 23.7 Å². The average Bonchev–Trinajstić information content (AvgIpc) is 3.49. The number of amides is 1. The number of H-pyrrole nitrogens is 1. The largest absolute Gasteiger partial charge is 0.454 e. The molecule has 0 radical (unpaired) electrons. The highest BCUT2D eigenvalue weighted by molar-refractivity contribution is 6.32. The van der Waals surface area contributed by atoms with Gasteiger partial charge in [0.1, 0.15) is 5.82 Å². The quantitative estimate of drug-likeness (QED) is 0.557. The first-order valence-electron chi connectivity index (χ1n) is 10.7. The number of aromatic nitrogens is 2. The molecular weight excluding hydrogens is 446 g/mol. The van der Waals surface area contributed by atoms with Crippen LogP contribution < -0.4 is 15.0 Å². The van der Waals surface area contributed by atoms with Gasteiger partial charge in [-0.2, -0.15) is 0 Å². The SMILES string of the molecule is O=C(/C=C/c1cc(Cl)c2c(c1)OCO2)N(Cc1nc2ccccc2c(=O)[nH]1)CC1CCCO1. The van der Waals surface area contributed by atoms with Gasteiger partial charge in [-0.05, 0) is 48.7 Å². The molecule has 0 saturated carbocycles. The topological polar surface area (TPSA) is 93.8 Å². The maximum absolute atomic E-state index is 13.2. The van der Waals surface area contributed by atoms with Crippen LogP contribution in [0.25, 0.3) is 17.0 Å². The molecule has 1 atom stereocenters. The van der Waals surface area contributed by atoms with Crippen molar-refractivity contribution < 1.29 is 19.0 Å². The number of aromatic amines is 1. The van der Waals surface area contributed by atoms with Crippen LogP contribution in [0, 0.1) is 0 Å². The van der Waals surface area contributed by atoms with Gasteiger partial charge in [-0.25, -0.2) is 4.98 Å². The van der Waals surface area contributed by atoms with Crippen LogP contribution >= 0.6 is 11.6 Å². The van der Waals surface area contributed by atoms with Gasteiger partial charge in [0, 0.05) is 19.2 Å². The molecule has 1 N–H and O–H groups in total. The molecule has 3 heterocycles. The van der Waals surface area contributed by atoms with Crippen LogP contribution in [0.1, 0.15) is 24.2 Å². The lowest BCUT2D eigenvalue weighted by Crippen LogP contribution is -2.36. The second kappa shape index (κ2) is 9.25. The highest BCUT2D eigenvalue weighted by Crippen LogP contribution is 2.40. The number of nitrogens with one attached hydrogen (secondary N) is 1. The Balaban J connectivity index is 1.39. The van der Waals surface area contributed by atoms with Gasteiger partial charge in [0.15, 0.2) is 11.5 Å². The summed E-state index contributed by atoms with van der Waals surface area (Å²) in [7, 11) is 0. The number of ether oxygens (including phenoxy) is 3. The minimum Gasteiger partial charge on any atom is -0.454 e. The summed E-state index contributed by atoms with van der Waals surface area (Å²) in [6.07, 6.45) is 4.95. The van der Waals surface area contributed by atoms with E-state index in [9.17, 15) is 9.59 Å². The van der Waals surface area contributed by atoms with Gasteiger partial charge >= 0.3 is 0 Å². The van der Waals surface area contributed by atoms with Gasteiger partial charge in [-0.15, -0.1) is 0 Å². The lowest BCUT2D eigenvalue weighted by molar-refractivity contribution is -0.128. The number of halogens is 1. The normalized spacial score (nSPS) is 17.2. The maximum atomic E-state index is 13.2. The van der Waals surface area contributed by atoms with Crippen molar-refractivity contribution in [1.29, 1.82) is 0 Å². The van der Waals surface area contributed by atoms with E-state index in [1.54, 1.807) is 41.3 Å². The number of nitrogens with zero attached hydrogens (tertiary/aromatic N) is 2. The monoisotopic (exact) mass is 467 g/mol. The Labute approximate surface area is 194 Å².